The molecule has 4 heteroatoms. The van der Waals surface area contributed by atoms with E-state index in [0.29, 0.717) is 13.1 Å². The summed E-state index contributed by atoms with van der Waals surface area (Å²) in [5.41, 5.74) is 2.24. The summed E-state index contributed by atoms with van der Waals surface area (Å²) in [5.74, 6) is 0.114. The first-order valence-corrected chi connectivity index (χ1v) is 5.48. The number of carbonyl (C=O) groups excluding carboxylic acids is 1. The van der Waals surface area contributed by atoms with Gasteiger partial charge in [-0.05, 0) is 25.0 Å². The van der Waals surface area contributed by atoms with Crippen LogP contribution in [0.3, 0.4) is 0 Å². The van der Waals surface area contributed by atoms with Gasteiger partial charge in [-0.25, -0.2) is 0 Å². The van der Waals surface area contributed by atoms with Crippen molar-refractivity contribution >= 4 is 5.91 Å². The minimum atomic E-state index is 0.114. The Bertz CT molecular complexity index is 352. The molecule has 0 spiro atoms. The smallest absolute Gasteiger partial charge is 0.236 e. The van der Waals surface area contributed by atoms with Crippen molar-refractivity contribution in [2.75, 3.05) is 20.1 Å². The molecule has 0 unspecified atom stereocenters. The second-order valence-corrected chi connectivity index (χ2v) is 3.88. The number of aromatic nitrogens is 1. The summed E-state index contributed by atoms with van der Waals surface area (Å²) in [7, 11) is 1.80. The SMILES string of the molecule is CCN(C)C(=O)CNCc1cncc(C)c1. The average Bonchev–Trinajstić information content (AvgIpc) is 2.28. The molecular weight excluding hydrogens is 202 g/mol. The molecule has 0 saturated carbocycles. The third-order valence-corrected chi connectivity index (χ3v) is 2.44. The number of amides is 1. The highest BCUT2D eigenvalue weighted by atomic mass is 16.2. The molecule has 1 N–H and O–H groups in total. The van der Waals surface area contributed by atoms with Crippen LogP contribution in [-0.4, -0.2) is 35.9 Å². The molecule has 0 aromatic carbocycles. The maximum absolute atomic E-state index is 11.5. The topological polar surface area (TPSA) is 45.2 Å². The van der Waals surface area contributed by atoms with Gasteiger partial charge in [0.15, 0.2) is 0 Å². The number of nitrogens with one attached hydrogen (secondary N) is 1. The van der Waals surface area contributed by atoms with Crippen LogP contribution < -0.4 is 5.32 Å². The molecule has 0 saturated heterocycles. The molecule has 0 aliphatic rings. The fraction of sp³-hybridized carbons (Fsp3) is 0.500. The van der Waals surface area contributed by atoms with Crippen molar-refractivity contribution in [3.05, 3.63) is 29.6 Å². The van der Waals surface area contributed by atoms with Gasteiger partial charge in [0.1, 0.15) is 0 Å². The normalized spacial score (nSPS) is 10.2. The molecule has 1 heterocycles. The van der Waals surface area contributed by atoms with Crippen LogP contribution in [0.1, 0.15) is 18.1 Å². The van der Waals surface area contributed by atoms with Gasteiger partial charge in [0.2, 0.25) is 5.91 Å². The van der Waals surface area contributed by atoms with Gasteiger partial charge < -0.3 is 10.2 Å². The summed E-state index contributed by atoms with van der Waals surface area (Å²) >= 11 is 0. The summed E-state index contributed by atoms with van der Waals surface area (Å²) in [6.45, 7) is 5.76. The van der Waals surface area contributed by atoms with Gasteiger partial charge in [-0.2, -0.15) is 0 Å². The van der Waals surface area contributed by atoms with Gasteiger partial charge in [0, 0.05) is 32.5 Å². The fourth-order valence-electron chi connectivity index (χ4n) is 1.34. The van der Waals surface area contributed by atoms with Crippen molar-refractivity contribution in [1.29, 1.82) is 0 Å². The summed E-state index contributed by atoms with van der Waals surface area (Å²) in [6.07, 6.45) is 3.63. The quantitative estimate of drug-likeness (QED) is 0.805. The van der Waals surface area contributed by atoms with E-state index in [-0.39, 0.29) is 5.91 Å². The zero-order valence-corrected chi connectivity index (χ0v) is 10.2. The summed E-state index contributed by atoms with van der Waals surface area (Å²) in [5, 5.41) is 3.11. The number of nitrogens with zero attached hydrogens (tertiary/aromatic N) is 2. The first kappa shape index (κ1) is 12.6. The summed E-state index contributed by atoms with van der Waals surface area (Å²) in [6, 6.07) is 2.06. The van der Waals surface area contributed by atoms with E-state index in [1.54, 1.807) is 11.9 Å². The molecule has 88 valence electrons. The Balaban J connectivity index is 2.33. The van der Waals surface area contributed by atoms with Crippen LogP contribution >= 0.6 is 0 Å². The molecule has 4 nitrogen and oxygen atoms in total. The lowest BCUT2D eigenvalue weighted by molar-refractivity contribution is -0.128. The molecule has 0 fully saturated rings. The molecule has 0 radical (unpaired) electrons. The fourth-order valence-corrected chi connectivity index (χ4v) is 1.34. The number of likely N-dealkylation sites (N-methyl/N-ethyl adjacent to an activating group) is 1. The van der Waals surface area contributed by atoms with E-state index >= 15 is 0 Å². The second kappa shape index (κ2) is 6.23. The Morgan fingerprint density at radius 1 is 1.50 bits per heavy atom. The first-order chi connectivity index (χ1) is 7.63. The van der Waals surface area contributed by atoms with Crippen LogP contribution in [-0.2, 0) is 11.3 Å². The predicted octanol–water partition coefficient (Wildman–Crippen LogP) is 0.958. The summed E-state index contributed by atoms with van der Waals surface area (Å²) in [4.78, 5) is 17.3. The van der Waals surface area contributed by atoms with Crippen molar-refractivity contribution in [1.82, 2.24) is 15.2 Å². The minimum Gasteiger partial charge on any atom is -0.345 e. The van der Waals surface area contributed by atoms with E-state index in [4.69, 9.17) is 0 Å². The van der Waals surface area contributed by atoms with Gasteiger partial charge in [-0.1, -0.05) is 6.07 Å². The third-order valence-electron chi connectivity index (χ3n) is 2.44. The Morgan fingerprint density at radius 2 is 2.25 bits per heavy atom. The van der Waals surface area contributed by atoms with Crippen LogP contribution in [0.15, 0.2) is 18.5 Å². The van der Waals surface area contributed by atoms with Gasteiger partial charge in [-0.3, -0.25) is 9.78 Å². The highest BCUT2D eigenvalue weighted by molar-refractivity contribution is 5.77. The van der Waals surface area contributed by atoms with E-state index in [1.807, 2.05) is 26.2 Å². The Hall–Kier alpha value is -1.42. The van der Waals surface area contributed by atoms with Gasteiger partial charge in [0.25, 0.3) is 0 Å². The second-order valence-electron chi connectivity index (χ2n) is 3.88. The zero-order chi connectivity index (χ0) is 12.0. The Kier molecular flexibility index (Phi) is 4.92. The third kappa shape index (κ3) is 3.98. The van der Waals surface area contributed by atoms with Crippen LogP contribution in [0.25, 0.3) is 0 Å². The van der Waals surface area contributed by atoms with Gasteiger partial charge in [-0.15, -0.1) is 0 Å². The first-order valence-electron chi connectivity index (χ1n) is 5.48. The van der Waals surface area contributed by atoms with Crippen LogP contribution in [0.4, 0.5) is 0 Å². The number of rotatable bonds is 5. The highest BCUT2D eigenvalue weighted by Crippen LogP contribution is 2.00. The van der Waals surface area contributed by atoms with E-state index in [0.717, 1.165) is 17.7 Å². The van der Waals surface area contributed by atoms with Crippen molar-refractivity contribution in [2.45, 2.75) is 20.4 Å². The van der Waals surface area contributed by atoms with Crippen LogP contribution in [0, 0.1) is 6.92 Å². The lowest BCUT2D eigenvalue weighted by atomic mass is 10.2. The largest absolute Gasteiger partial charge is 0.345 e. The van der Waals surface area contributed by atoms with Crippen molar-refractivity contribution in [3.8, 4) is 0 Å². The average molecular weight is 221 g/mol. The zero-order valence-electron chi connectivity index (χ0n) is 10.2. The van der Waals surface area contributed by atoms with Gasteiger partial charge >= 0.3 is 0 Å². The van der Waals surface area contributed by atoms with E-state index < -0.39 is 0 Å². The summed E-state index contributed by atoms with van der Waals surface area (Å²) < 4.78 is 0. The molecule has 1 rings (SSSR count). The lowest BCUT2D eigenvalue weighted by Gasteiger charge is -2.14. The number of aryl methyl sites for hydroxylation is 1. The number of carbonyl (C=O) groups is 1. The van der Waals surface area contributed by atoms with E-state index in [9.17, 15) is 4.79 Å². The van der Waals surface area contributed by atoms with Crippen LogP contribution in [0.2, 0.25) is 0 Å². The lowest BCUT2D eigenvalue weighted by Crippen LogP contribution is -2.35. The minimum absolute atomic E-state index is 0.114. The monoisotopic (exact) mass is 221 g/mol. The number of pyridine rings is 1. The molecule has 0 aliphatic heterocycles. The van der Waals surface area contributed by atoms with E-state index in [1.165, 1.54) is 0 Å². The highest BCUT2D eigenvalue weighted by Gasteiger charge is 2.05. The predicted molar refractivity (Wildman–Crippen MR) is 64.0 cm³/mol. The number of hydrogen-bond acceptors (Lipinski definition) is 3. The van der Waals surface area contributed by atoms with Gasteiger partial charge in [0.05, 0.1) is 6.54 Å². The maximum Gasteiger partial charge on any atom is 0.236 e. The van der Waals surface area contributed by atoms with E-state index in [2.05, 4.69) is 16.4 Å². The molecule has 1 aromatic rings. The molecule has 0 aliphatic carbocycles. The van der Waals surface area contributed by atoms with Crippen LogP contribution in [0.5, 0.6) is 0 Å². The molecule has 16 heavy (non-hydrogen) atoms. The standard InChI is InChI=1S/C12H19N3O/c1-4-15(3)12(16)9-14-8-11-5-10(2)6-13-7-11/h5-7,14H,4,8-9H2,1-3H3. The Morgan fingerprint density at radius 3 is 2.88 bits per heavy atom. The maximum atomic E-state index is 11.5. The Labute approximate surface area is 96.7 Å². The molecule has 0 atom stereocenters. The van der Waals surface area contributed by atoms with Crippen molar-refractivity contribution < 1.29 is 4.79 Å². The van der Waals surface area contributed by atoms with Crippen molar-refractivity contribution in [2.24, 2.45) is 0 Å². The molecule has 0 bridgehead atoms. The molecular formula is C12H19N3O. The molecule has 1 amide bonds. The number of hydrogen-bond donors (Lipinski definition) is 1. The molecule has 1 aromatic heterocycles. The van der Waals surface area contributed by atoms with Crippen molar-refractivity contribution in [3.63, 3.8) is 0 Å².